The Hall–Kier alpha value is -1.59. The summed E-state index contributed by atoms with van der Waals surface area (Å²) < 4.78 is 6.40. The second kappa shape index (κ2) is 7.26. The van der Waals surface area contributed by atoms with Crippen LogP contribution in [-0.2, 0) is 0 Å². The maximum atomic E-state index is 5.39. The molecule has 0 aliphatic heterocycles. The Morgan fingerprint density at radius 2 is 1.80 bits per heavy atom. The van der Waals surface area contributed by atoms with Crippen molar-refractivity contribution < 1.29 is 4.74 Å². The van der Waals surface area contributed by atoms with Crippen LogP contribution in [-0.4, -0.2) is 11.7 Å². The van der Waals surface area contributed by atoms with E-state index in [4.69, 9.17) is 17.0 Å². The summed E-state index contributed by atoms with van der Waals surface area (Å²) in [4.78, 5) is 0. The van der Waals surface area contributed by atoms with E-state index in [1.807, 2.05) is 55.5 Å². The number of ether oxygens (including phenoxy) is 1. The minimum Gasteiger partial charge on any atom is -0.494 e. The summed E-state index contributed by atoms with van der Waals surface area (Å²) in [6.07, 6.45) is 0. The van der Waals surface area contributed by atoms with E-state index >= 15 is 0 Å². The zero-order valence-electron chi connectivity index (χ0n) is 11.0. The Balaban J connectivity index is 1.94. The van der Waals surface area contributed by atoms with Crippen LogP contribution < -0.4 is 15.4 Å². The molecule has 0 saturated heterocycles. The number of rotatable bonds is 4. The minimum absolute atomic E-state index is 0.548. The fourth-order valence-electron chi connectivity index (χ4n) is 1.66. The maximum Gasteiger partial charge on any atom is 0.175 e. The van der Waals surface area contributed by atoms with Crippen LogP contribution in [0, 0.1) is 0 Å². The highest BCUT2D eigenvalue weighted by Crippen LogP contribution is 2.18. The van der Waals surface area contributed by atoms with Crippen LogP contribution in [0.1, 0.15) is 6.92 Å². The van der Waals surface area contributed by atoms with Crippen LogP contribution >= 0.6 is 28.1 Å². The van der Waals surface area contributed by atoms with Gasteiger partial charge in [-0.1, -0.05) is 22.0 Å². The molecule has 0 atom stereocenters. The molecular weight excluding hydrogens is 336 g/mol. The number of halogens is 1. The SMILES string of the molecule is CCOc1ccc(NC(=S)Nc2cccc(Br)c2)cc1. The zero-order valence-corrected chi connectivity index (χ0v) is 13.4. The van der Waals surface area contributed by atoms with Crippen LogP contribution in [0.3, 0.4) is 0 Å². The van der Waals surface area contributed by atoms with Gasteiger partial charge in [-0.15, -0.1) is 0 Å². The lowest BCUT2D eigenvalue weighted by Gasteiger charge is -2.11. The number of hydrogen-bond donors (Lipinski definition) is 2. The summed E-state index contributed by atoms with van der Waals surface area (Å²) in [5.41, 5.74) is 1.85. The lowest BCUT2D eigenvalue weighted by molar-refractivity contribution is 0.340. The Labute approximate surface area is 132 Å². The molecule has 2 rings (SSSR count). The van der Waals surface area contributed by atoms with E-state index < -0.39 is 0 Å². The first-order valence-electron chi connectivity index (χ1n) is 6.24. The van der Waals surface area contributed by atoms with Crippen molar-refractivity contribution in [1.82, 2.24) is 0 Å². The van der Waals surface area contributed by atoms with Crippen molar-refractivity contribution >= 4 is 44.6 Å². The van der Waals surface area contributed by atoms with Gasteiger partial charge in [0.25, 0.3) is 0 Å². The van der Waals surface area contributed by atoms with Crippen LogP contribution in [0.4, 0.5) is 11.4 Å². The number of thiocarbonyl (C=S) groups is 1. The Kier molecular flexibility index (Phi) is 5.38. The fraction of sp³-hybridized carbons (Fsp3) is 0.133. The molecule has 0 saturated carbocycles. The fourth-order valence-corrected chi connectivity index (χ4v) is 2.30. The molecule has 2 N–H and O–H groups in total. The third-order valence-electron chi connectivity index (χ3n) is 2.51. The van der Waals surface area contributed by atoms with Gasteiger partial charge in [0.2, 0.25) is 0 Å². The topological polar surface area (TPSA) is 33.3 Å². The first kappa shape index (κ1) is 14.8. The highest BCUT2D eigenvalue weighted by Gasteiger charge is 2.00. The highest BCUT2D eigenvalue weighted by molar-refractivity contribution is 9.10. The molecule has 0 aromatic heterocycles. The van der Waals surface area contributed by atoms with Gasteiger partial charge in [-0.2, -0.15) is 0 Å². The smallest absolute Gasteiger partial charge is 0.175 e. The average Bonchev–Trinajstić information content (AvgIpc) is 2.41. The third kappa shape index (κ3) is 4.51. The van der Waals surface area contributed by atoms with Gasteiger partial charge in [-0.05, 0) is 61.6 Å². The van der Waals surface area contributed by atoms with E-state index in [9.17, 15) is 0 Å². The monoisotopic (exact) mass is 350 g/mol. The van der Waals surface area contributed by atoms with Crippen molar-refractivity contribution in [1.29, 1.82) is 0 Å². The molecule has 0 fully saturated rings. The van der Waals surface area contributed by atoms with Gasteiger partial charge in [0.15, 0.2) is 5.11 Å². The lowest BCUT2D eigenvalue weighted by Crippen LogP contribution is -2.18. The molecule has 104 valence electrons. The van der Waals surface area contributed by atoms with Gasteiger partial charge in [0, 0.05) is 15.8 Å². The Morgan fingerprint density at radius 3 is 2.45 bits per heavy atom. The van der Waals surface area contributed by atoms with Gasteiger partial charge >= 0.3 is 0 Å². The van der Waals surface area contributed by atoms with Crippen LogP contribution in [0.5, 0.6) is 5.75 Å². The number of benzene rings is 2. The van der Waals surface area contributed by atoms with Crippen molar-refractivity contribution in [3.05, 3.63) is 53.0 Å². The first-order chi connectivity index (χ1) is 9.67. The number of nitrogens with one attached hydrogen (secondary N) is 2. The normalized spacial score (nSPS) is 9.90. The molecule has 3 nitrogen and oxygen atoms in total. The zero-order chi connectivity index (χ0) is 14.4. The number of anilines is 2. The summed E-state index contributed by atoms with van der Waals surface area (Å²) >= 11 is 8.70. The van der Waals surface area contributed by atoms with Gasteiger partial charge < -0.3 is 15.4 Å². The van der Waals surface area contributed by atoms with Crippen LogP contribution in [0.2, 0.25) is 0 Å². The molecule has 0 spiro atoms. The molecule has 0 heterocycles. The molecule has 0 aliphatic carbocycles. The van der Waals surface area contributed by atoms with Crippen molar-refractivity contribution in [3.8, 4) is 5.75 Å². The summed E-state index contributed by atoms with van der Waals surface area (Å²) in [5.74, 6) is 0.851. The average molecular weight is 351 g/mol. The molecule has 0 aliphatic rings. The van der Waals surface area contributed by atoms with Gasteiger partial charge in [0.05, 0.1) is 6.61 Å². The molecule has 0 amide bonds. The summed E-state index contributed by atoms with van der Waals surface area (Å²) in [6, 6.07) is 15.5. The van der Waals surface area contributed by atoms with E-state index in [1.165, 1.54) is 0 Å². The molecule has 2 aromatic rings. The molecule has 20 heavy (non-hydrogen) atoms. The second-order valence-corrected chi connectivity index (χ2v) is 5.37. The first-order valence-corrected chi connectivity index (χ1v) is 7.44. The quantitative estimate of drug-likeness (QED) is 0.785. The van der Waals surface area contributed by atoms with E-state index in [0.717, 1.165) is 21.6 Å². The van der Waals surface area contributed by atoms with Crippen molar-refractivity contribution in [2.24, 2.45) is 0 Å². The number of hydrogen-bond acceptors (Lipinski definition) is 2. The lowest BCUT2D eigenvalue weighted by atomic mass is 10.3. The van der Waals surface area contributed by atoms with Crippen molar-refractivity contribution in [2.75, 3.05) is 17.2 Å². The van der Waals surface area contributed by atoms with Crippen molar-refractivity contribution in [2.45, 2.75) is 6.92 Å². The van der Waals surface area contributed by atoms with Crippen LogP contribution in [0.25, 0.3) is 0 Å². The van der Waals surface area contributed by atoms with E-state index in [2.05, 4.69) is 26.6 Å². The maximum absolute atomic E-state index is 5.39. The van der Waals surface area contributed by atoms with Gasteiger partial charge in [-0.25, -0.2) is 0 Å². The Bertz CT molecular complexity index is 587. The predicted octanol–water partition coefficient (Wildman–Crippen LogP) is 4.66. The summed E-state index contributed by atoms with van der Waals surface area (Å²) in [5, 5.41) is 6.81. The molecular formula is C15H15BrN2OS. The van der Waals surface area contributed by atoms with Gasteiger partial charge in [0.1, 0.15) is 5.75 Å². The molecule has 0 unspecified atom stereocenters. The van der Waals surface area contributed by atoms with E-state index in [-0.39, 0.29) is 0 Å². The Morgan fingerprint density at radius 1 is 1.10 bits per heavy atom. The molecule has 0 radical (unpaired) electrons. The van der Waals surface area contributed by atoms with Gasteiger partial charge in [-0.3, -0.25) is 0 Å². The molecule has 2 aromatic carbocycles. The third-order valence-corrected chi connectivity index (χ3v) is 3.20. The molecule has 5 heteroatoms. The van der Waals surface area contributed by atoms with E-state index in [0.29, 0.717) is 11.7 Å². The second-order valence-electron chi connectivity index (χ2n) is 4.05. The largest absolute Gasteiger partial charge is 0.494 e. The van der Waals surface area contributed by atoms with E-state index in [1.54, 1.807) is 0 Å². The van der Waals surface area contributed by atoms with Crippen molar-refractivity contribution in [3.63, 3.8) is 0 Å². The predicted molar refractivity (Wildman–Crippen MR) is 91.6 cm³/mol. The minimum atomic E-state index is 0.548. The summed E-state index contributed by atoms with van der Waals surface area (Å²) in [7, 11) is 0. The van der Waals surface area contributed by atoms with Crippen LogP contribution in [0.15, 0.2) is 53.0 Å². The highest BCUT2D eigenvalue weighted by atomic mass is 79.9. The summed E-state index contributed by atoms with van der Waals surface area (Å²) in [6.45, 7) is 2.62. The standard InChI is InChI=1S/C15H15BrN2OS/c1-2-19-14-8-6-12(7-9-14)17-15(20)18-13-5-3-4-11(16)10-13/h3-10H,2H2,1H3,(H2,17,18,20). The molecule has 0 bridgehead atoms.